The predicted molar refractivity (Wildman–Crippen MR) is 83.8 cm³/mol. The fraction of sp³-hybridized carbons (Fsp3) is 0.250. The Morgan fingerprint density at radius 1 is 1.15 bits per heavy atom. The number of pyridine rings is 1. The van der Waals surface area contributed by atoms with Crippen LogP contribution in [0.3, 0.4) is 0 Å². The Bertz CT molecular complexity index is 531. The zero-order valence-electron chi connectivity index (χ0n) is 11.5. The number of hydrogen-bond acceptors (Lipinski definition) is 3. The van der Waals surface area contributed by atoms with Gasteiger partial charge in [0.15, 0.2) is 0 Å². The number of carbonyl (C=O) groups is 1. The van der Waals surface area contributed by atoms with Crippen molar-refractivity contribution in [3.8, 4) is 0 Å². The second kappa shape index (κ2) is 7.70. The van der Waals surface area contributed by atoms with E-state index in [4.69, 9.17) is 0 Å². The van der Waals surface area contributed by atoms with Gasteiger partial charge in [0.2, 0.25) is 0 Å². The molecule has 1 amide bonds. The van der Waals surface area contributed by atoms with Crippen LogP contribution in [-0.2, 0) is 6.54 Å². The van der Waals surface area contributed by atoms with Crippen molar-refractivity contribution >= 4 is 17.7 Å². The molecule has 0 saturated heterocycles. The monoisotopic (exact) mass is 286 g/mol. The van der Waals surface area contributed by atoms with Crippen LogP contribution >= 0.6 is 11.8 Å². The van der Waals surface area contributed by atoms with Crippen molar-refractivity contribution < 1.29 is 4.79 Å². The largest absolute Gasteiger partial charge is 0.332 e. The van der Waals surface area contributed by atoms with Crippen LogP contribution < -0.4 is 0 Å². The van der Waals surface area contributed by atoms with Gasteiger partial charge in [-0.25, -0.2) is 0 Å². The smallest absolute Gasteiger partial charge is 0.254 e. The molecule has 0 aliphatic heterocycles. The van der Waals surface area contributed by atoms with Crippen LogP contribution in [0.25, 0.3) is 0 Å². The van der Waals surface area contributed by atoms with Crippen molar-refractivity contribution in [1.82, 2.24) is 9.88 Å². The van der Waals surface area contributed by atoms with Gasteiger partial charge in [0.1, 0.15) is 0 Å². The molecule has 0 N–H and O–H groups in total. The van der Waals surface area contributed by atoms with Gasteiger partial charge in [-0.1, -0.05) is 24.3 Å². The number of amides is 1. The van der Waals surface area contributed by atoms with E-state index in [2.05, 4.69) is 4.98 Å². The molecule has 0 radical (unpaired) electrons. The highest BCUT2D eigenvalue weighted by molar-refractivity contribution is 7.98. The van der Waals surface area contributed by atoms with Gasteiger partial charge in [0.25, 0.3) is 5.91 Å². The maximum atomic E-state index is 12.5. The maximum Gasteiger partial charge on any atom is 0.254 e. The molecule has 0 unspecified atom stereocenters. The summed E-state index contributed by atoms with van der Waals surface area (Å²) in [4.78, 5) is 18.7. The van der Waals surface area contributed by atoms with Gasteiger partial charge in [-0.05, 0) is 30.5 Å². The van der Waals surface area contributed by atoms with E-state index in [1.54, 1.807) is 18.0 Å². The molecule has 0 fully saturated rings. The summed E-state index contributed by atoms with van der Waals surface area (Å²) in [5.41, 5.74) is 1.64. The van der Waals surface area contributed by atoms with Crippen molar-refractivity contribution in [2.45, 2.75) is 6.54 Å². The normalized spacial score (nSPS) is 10.2. The molecule has 0 spiro atoms. The molecule has 0 atom stereocenters. The van der Waals surface area contributed by atoms with E-state index in [-0.39, 0.29) is 5.91 Å². The molecule has 0 aliphatic rings. The van der Waals surface area contributed by atoms with Gasteiger partial charge in [0, 0.05) is 24.1 Å². The van der Waals surface area contributed by atoms with Crippen molar-refractivity contribution in [2.24, 2.45) is 0 Å². The molecule has 104 valence electrons. The summed E-state index contributed by atoms with van der Waals surface area (Å²) >= 11 is 1.74. The Morgan fingerprint density at radius 3 is 2.55 bits per heavy atom. The third-order valence-electron chi connectivity index (χ3n) is 2.95. The Morgan fingerprint density at radius 2 is 1.90 bits per heavy atom. The molecular formula is C16H18N2OS. The third-order valence-corrected chi connectivity index (χ3v) is 3.54. The minimum Gasteiger partial charge on any atom is -0.332 e. The molecular weight excluding hydrogens is 268 g/mol. The number of carbonyl (C=O) groups excluding carboxylic acids is 1. The molecule has 1 heterocycles. The third kappa shape index (κ3) is 4.10. The number of aromatic nitrogens is 1. The van der Waals surface area contributed by atoms with Crippen LogP contribution in [0.1, 0.15) is 16.1 Å². The highest BCUT2D eigenvalue weighted by Gasteiger charge is 2.15. The number of hydrogen-bond donors (Lipinski definition) is 0. The van der Waals surface area contributed by atoms with Crippen molar-refractivity contribution in [3.63, 3.8) is 0 Å². The van der Waals surface area contributed by atoms with Gasteiger partial charge < -0.3 is 4.90 Å². The van der Waals surface area contributed by atoms with Crippen molar-refractivity contribution in [3.05, 3.63) is 66.0 Å². The molecule has 0 saturated carbocycles. The van der Waals surface area contributed by atoms with E-state index >= 15 is 0 Å². The Kier molecular flexibility index (Phi) is 5.62. The molecule has 20 heavy (non-hydrogen) atoms. The summed E-state index contributed by atoms with van der Waals surface area (Å²) in [6.45, 7) is 1.28. The Labute approximate surface area is 124 Å². The minimum atomic E-state index is 0.0605. The Balaban J connectivity index is 2.13. The summed E-state index contributed by atoms with van der Waals surface area (Å²) in [5.74, 6) is 0.982. The number of rotatable bonds is 6. The SMILES string of the molecule is CSCCN(Cc1ccccn1)C(=O)c1ccccc1. The zero-order chi connectivity index (χ0) is 14.2. The van der Waals surface area contributed by atoms with Gasteiger partial charge in [-0.2, -0.15) is 11.8 Å². The van der Waals surface area contributed by atoms with E-state index in [1.165, 1.54) is 0 Å². The zero-order valence-corrected chi connectivity index (χ0v) is 12.3. The topological polar surface area (TPSA) is 33.2 Å². The standard InChI is InChI=1S/C16H18N2OS/c1-20-12-11-18(13-15-9-5-6-10-17-15)16(19)14-7-3-2-4-8-14/h2-10H,11-13H2,1H3. The quantitative estimate of drug-likeness (QED) is 0.818. The molecule has 1 aromatic heterocycles. The van der Waals surface area contributed by atoms with Crippen LogP contribution in [0.15, 0.2) is 54.7 Å². The van der Waals surface area contributed by atoms with Crippen LogP contribution in [0.5, 0.6) is 0 Å². The van der Waals surface area contributed by atoms with Gasteiger partial charge >= 0.3 is 0 Å². The molecule has 1 aromatic carbocycles. The van der Waals surface area contributed by atoms with Crippen LogP contribution in [0, 0.1) is 0 Å². The first kappa shape index (κ1) is 14.6. The summed E-state index contributed by atoms with van der Waals surface area (Å²) in [6, 6.07) is 15.2. The van der Waals surface area contributed by atoms with Gasteiger partial charge in [0.05, 0.1) is 12.2 Å². The average Bonchev–Trinajstić information content (AvgIpc) is 2.52. The van der Waals surface area contributed by atoms with Gasteiger partial charge in [-0.3, -0.25) is 9.78 Å². The highest BCUT2D eigenvalue weighted by Crippen LogP contribution is 2.09. The molecule has 2 aromatic rings. The summed E-state index contributed by atoms with van der Waals surface area (Å²) in [5, 5.41) is 0. The lowest BCUT2D eigenvalue weighted by Gasteiger charge is -2.22. The highest BCUT2D eigenvalue weighted by atomic mass is 32.2. The maximum absolute atomic E-state index is 12.5. The van der Waals surface area contributed by atoms with E-state index in [0.29, 0.717) is 6.54 Å². The minimum absolute atomic E-state index is 0.0605. The molecule has 3 nitrogen and oxygen atoms in total. The fourth-order valence-electron chi connectivity index (χ4n) is 1.90. The number of benzene rings is 1. The first-order chi connectivity index (χ1) is 9.81. The van der Waals surface area contributed by atoms with E-state index in [1.807, 2.05) is 59.7 Å². The van der Waals surface area contributed by atoms with Crippen molar-refractivity contribution in [2.75, 3.05) is 18.6 Å². The lowest BCUT2D eigenvalue weighted by molar-refractivity contribution is 0.0752. The number of thioether (sulfide) groups is 1. The first-order valence-electron chi connectivity index (χ1n) is 6.54. The van der Waals surface area contributed by atoms with Crippen LogP contribution in [-0.4, -0.2) is 34.3 Å². The number of nitrogens with zero attached hydrogens (tertiary/aromatic N) is 2. The lowest BCUT2D eigenvalue weighted by Crippen LogP contribution is -2.32. The average molecular weight is 286 g/mol. The van der Waals surface area contributed by atoms with Crippen LogP contribution in [0.2, 0.25) is 0 Å². The summed E-state index contributed by atoms with van der Waals surface area (Å²) in [7, 11) is 0. The predicted octanol–water partition coefficient (Wildman–Crippen LogP) is 3.09. The second-order valence-corrected chi connectivity index (χ2v) is 5.39. The van der Waals surface area contributed by atoms with Crippen LogP contribution in [0.4, 0.5) is 0 Å². The fourth-order valence-corrected chi connectivity index (χ4v) is 2.31. The van der Waals surface area contributed by atoms with E-state index in [0.717, 1.165) is 23.6 Å². The lowest BCUT2D eigenvalue weighted by atomic mass is 10.2. The molecule has 2 rings (SSSR count). The summed E-state index contributed by atoms with van der Waals surface area (Å²) < 4.78 is 0. The second-order valence-electron chi connectivity index (χ2n) is 4.41. The van der Waals surface area contributed by atoms with Gasteiger partial charge in [-0.15, -0.1) is 0 Å². The molecule has 0 aliphatic carbocycles. The van der Waals surface area contributed by atoms with E-state index < -0.39 is 0 Å². The van der Waals surface area contributed by atoms with Crippen molar-refractivity contribution in [1.29, 1.82) is 0 Å². The molecule has 4 heteroatoms. The first-order valence-corrected chi connectivity index (χ1v) is 7.94. The Hall–Kier alpha value is -1.81. The molecule has 0 bridgehead atoms. The summed E-state index contributed by atoms with van der Waals surface area (Å²) in [6.07, 6.45) is 3.81. The van der Waals surface area contributed by atoms with E-state index in [9.17, 15) is 4.79 Å².